The summed E-state index contributed by atoms with van der Waals surface area (Å²) in [5.41, 5.74) is 0.913. The molecule has 0 atom stereocenters. The van der Waals surface area contributed by atoms with Gasteiger partial charge < -0.3 is 5.32 Å². The summed E-state index contributed by atoms with van der Waals surface area (Å²) in [5.74, 6) is 0.428. The van der Waals surface area contributed by atoms with Gasteiger partial charge in [-0.2, -0.15) is 0 Å². The highest BCUT2D eigenvalue weighted by atomic mass is 32.2. The molecule has 2 nitrogen and oxygen atoms in total. The van der Waals surface area contributed by atoms with Crippen molar-refractivity contribution in [3.63, 3.8) is 0 Å². The zero-order chi connectivity index (χ0) is 12.5. The first-order valence-corrected chi connectivity index (χ1v) is 6.86. The van der Waals surface area contributed by atoms with Crippen molar-refractivity contribution in [3.05, 3.63) is 24.3 Å². The van der Waals surface area contributed by atoms with Gasteiger partial charge in [-0.25, -0.2) is 0 Å². The standard InChI is InChI=1S/C14H19NOS/c1-14(2,3)17-12-6-4-5-11(9-12)15-13(16)10-7-8-10/h4-6,9-10H,7-8H2,1-3H3,(H,15,16). The van der Waals surface area contributed by atoms with Gasteiger partial charge in [-0.05, 0) is 31.0 Å². The van der Waals surface area contributed by atoms with Crippen molar-refractivity contribution in [2.75, 3.05) is 5.32 Å². The van der Waals surface area contributed by atoms with Crippen molar-refractivity contribution in [2.45, 2.75) is 43.3 Å². The summed E-state index contributed by atoms with van der Waals surface area (Å²) in [6.45, 7) is 6.56. The van der Waals surface area contributed by atoms with Gasteiger partial charge in [-0.15, -0.1) is 11.8 Å². The van der Waals surface area contributed by atoms with Gasteiger partial charge in [-0.1, -0.05) is 26.8 Å². The molecule has 0 bridgehead atoms. The molecule has 1 aliphatic carbocycles. The fraction of sp³-hybridized carbons (Fsp3) is 0.500. The number of amides is 1. The number of thioether (sulfide) groups is 1. The Hall–Kier alpha value is -0.960. The minimum absolute atomic E-state index is 0.169. The minimum Gasteiger partial charge on any atom is -0.326 e. The lowest BCUT2D eigenvalue weighted by Gasteiger charge is -2.18. The largest absolute Gasteiger partial charge is 0.326 e. The van der Waals surface area contributed by atoms with Crippen LogP contribution < -0.4 is 5.32 Å². The summed E-state index contributed by atoms with van der Waals surface area (Å²) in [5, 5.41) is 2.98. The molecule has 0 spiro atoms. The summed E-state index contributed by atoms with van der Waals surface area (Å²) in [7, 11) is 0. The van der Waals surface area contributed by atoms with Crippen molar-refractivity contribution in [3.8, 4) is 0 Å². The van der Waals surface area contributed by atoms with Gasteiger partial charge in [0.15, 0.2) is 0 Å². The minimum atomic E-state index is 0.169. The van der Waals surface area contributed by atoms with E-state index in [9.17, 15) is 4.79 Å². The van der Waals surface area contributed by atoms with E-state index >= 15 is 0 Å². The molecule has 92 valence electrons. The summed E-state index contributed by atoms with van der Waals surface area (Å²) >= 11 is 1.81. The van der Waals surface area contributed by atoms with Crippen LogP contribution in [0.3, 0.4) is 0 Å². The van der Waals surface area contributed by atoms with Gasteiger partial charge in [0.25, 0.3) is 0 Å². The van der Waals surface area contributed by atoms with Gasteiger partial charge >= 0.3 is 0 Å². The zero-order valence-electron chi connectivity index (χ0n) is 10.6. The number of hydrogen-bond acceptors (Lipinski definition) is 2. The highest BCUT2D eigenvalue weighted by Gasteiger charge is 2.29. The van der Waals surface area contributed by atoms with E-state index in [1.54, 1.807) is 0 Å². The lowest BCUT2D eigenvalue weighted by molar-refractivity contribution is -0.117. The molecule has 2 rings (SSSR count). The third-order valence-corrected chi connectivity index (χ3v) is 3.58. The normalized spacial score (nSPS) is 15.7. The maximum absolute atomic E-state index is 11.7. The molecule has 0 radical (unpaired) electrons. The summed E-state index contributed by atoms with van der Waals surface area (Å²) in [4.78, 5) is 12.9. The lowest BCUT2D eigenvalue weighted by Crippen LogP contribution is -2.13. The molecule has 0 aromatic heterocycles. The molecule has 1 saturated carbocycles. The van der Waals surface area contributed by atoms with Crippen molar-refractivity contribution in [2.24, 2.45) is 5.92 Å². The molecule has 0 saturated heterocycles. The second-order valence-corrected chi connectivity index (χ2v) is 7.41. The van der Waals surface area contributed by atoms with E-state index < -0.39 is 0 Å². The third kappa shape index (κ3) is 4.08. The summed E-state index contributed by atoms with van der Waals surface area (Å²) in [6.07, 6.45) is 2.09. The van der Waals surface area contributed by atoms with E-state index in [0.29, 0.717) is 0 Å². The summed E-state index contributed by atoms with van der Waals surface area (Å²) < 4.78 is 0.194. The molecule has 1 aliphatic rings. The van der Waals surface area contributed by atoms with Crippen LogP contribution in [0.2, 0.25) is 0 Å². The van der Waals surface area contributed by atoms with Crippen LogP contribution in [-0.2, 0) is 4.79 Å². The summed E-state index contributed by atoms with van der Waals surface area (Å²) in [6, 6.07) is 8.09. The maximum Gasteiger partial charge on any atom is 0.227 e. The SMILES string of the molecule is CC(C)(C)Sc1cccc(NC(=O)C2CC2)c1. The Bertz CT molecular complexity index is 418. The average molecular weight is 249 g/mol. The van der Waals surface area contributed by atoms with Gasteiger partial charge in [0.05, 0.1) is 0 Å². The first-order valence-electron chi connectivity index (χ1n) is 6.04. The number of rotatable bonds is 3. The van der Waals surface area contributed by atoms with E-state index in [0.717, 1.165) is 18.5 Å². The Morgan fingerprint density at radius 3 is 2.65 bits per heavy atom. The smallest absolute Gasteiger partial charge is 0.227 e. The molecule has 1 amide bonds. The van der Waals surface area contributed by atoms with Gasteiger partial charge in [0, 0.05) is 21.2 Å². The molecule has 3 heteroatoms. The van der Waals surface area contributed by atoms with Crippen molar-refractivity contribution in [1.29, 1.82) is 0 Å². The van der Waals surface area contributed by atoms with Crippen LogP contribution in [0, 0.1) is 5.92 Å². The van der Waals surface area contributed by atoms with Crippen molar-refractivity contribution < 1.29 is 4.79 Å². The number of carbonyl (C=O) groups is 1. The fourth-order valence-electron chi connectivity index (χ4n) is 1.58. The third-order valence-electron chi connectivity index (χ3n) is 2.47. The quantitative estimate of drug-likeness (QED) is 0.822. The molecule has 0 unspecified atom stereocenters. The number of nitrogens with one attached hydrogen (secondary N) is 1. The predicted octanol–water partition coefficient (Wildman–Crippen LogP) is 3.93. The fourth-order valence-corrected chi connectivity index (χ4v) is 2.62. The van der Waals surface area contributed by atoms with Gasteiger partial charge in [0.2, 0.25) is 5.91 Å². The second-order valence-electron chi connectivity index (χ2n) is 5.51. The number of benzene rings is 1. The van der Waals surface area contributed by atoms with Crippen LogP contribution >= 0.6 is 11.8 Å². The Balaban J connectivity index is 2.03. The number of carbonyl (C=O) groups excluding carboxylic acids is 1. The Labute approximate surface area is 107 Å². The molecule has 17 heavy (non-hydrogen) atoms. The molecule has 1 aromatic carbocycles. The first kappa shape index (κ1) is 12.5. The van der Waals surface area contributed by atoms with Crippen LogP contribution in [0.4, 0.5) is 5.69 Å². The van der Waals surface area contributed by atoms with Crippen LogP contribution in [0.25, 0.3) is 0 Å². The molecule has 0 heterocycles. The Morgan fingerprint density at radius 2 is 2.06 bits per heavy atom. The van der Waals surface area contributed by atoms with Crippen LogP contribution in [0.15, 0.2) is 29.2 Å². The molecular formula is C14H19NOS. The van der Waals surface area contributed by atoms with E-state index in [1.807, 2.05) is 23.9 Å². The van der Waals surface area contributed by atoms with Gasteiger partial charge in [-0.3, -0.25) is 4.79 Å². The zero-order valence-corrected chi connectivity index (χ0v) is 11.4. The Kier molecular flexibility index (Phi) is 3.48. The lowest BCUT2D eigenvalue weighted by atomic mass is 10.3. The highest BCUT2D eigenvalue weighted by molar-refractivity contribution is 8.00. The predicted molar refractivity (Wildman–Crippen MR) is 73.4 cm³/mol. The molecule has 1 N–H and O–H groups in total. The van der Waals surface area contributed by atoms with Crippen LogP contribution in [-0.4, -0.2) is 10.7 Å². The van der Waals surface area contributed by atoms with Crippen molar-refractivity contribution in [1.82, 2.24) is 0 Å². The monoisotopic (exact) mass is 249 g/mol. The molecule has 1 aromatic rings. The molecular weight excluding hydrogens is 230 g/mol. The Morgan fingerprint density at radius 1 is 1.35 bits per heavy atom. The highest BCUT2D eigenvalue weighted by Crippen LogP contribution is 2.34. The molecule has 0 aliphatic heterocycles. The van der Waals surface area contributed by atoms with Gasteiger partial charge in [0.1, 0.15) is 0 Å². The number of hydrogen-bond donors (Lipinski definition) is 1. The van der Waals surface area contributed by atoms with Crippen molar-refractivity contribution >= 4 is 23.4 Å². The van der Waals surface area contributed by atoms with Crippen LogP contribution in [0.5, 0.6) is 0 Å². The molecule has 1 fully saturated rings. The maximum atomic E-state index is 11.7. The topological polar surface area (TPSA) is 29.1 Å². The van der Waals surface area contributed by atoms with E-state index in [1.165, 1.54) is 4.90 Å². The van der Waals surface area contributed by atoms with E-state index in [4.69, 9.17) is 0 Å². The average Bonchev–Trinajstić information content (AvgIpc) is 2.97. The second kappa shape index (κ2) is 4.73. The van der Waals surface area contributed by atoms with E-state index in [2.05, 4.69) is 38.2 Å². The number of anilines is 1. The van der Waals surface area contributed by atoms with E-state index in [-0.39, 0.29) is 16.6 Å². The van der Waals surface area contributed by atoms with Crippen LogP contribution in [0.1, 0.15) is 33.6 Å². The first-order chi connectivity index (χ1) is 7.94.